The molecule has 0 fully saturated rings. The van der Waals surface area contributed by atoms with Gasteiger partial charge < -0.3 is 25.8 Å². The maximum absolute atomic E-state index is 13.8. The third-order valence-electron chi connectivity index (χ3n) is 4.47. The van der Waals surface area contributed by atoms with Crippen LogP contribution in [-0.2, 0) is 22.3 Å². The first-order valence-electron chi connectivity index (χ1n) is 10.3. The summed E-state index contributed by atoms with van der Waals surface area (Å²) in [5.41, 5.74) is -0.199. The summed E-state index contributed by atoms with van der Waals surface area (Å²) >= 11 is 0. The van der Waals surface area contributed by atoms with E-state index in [1.54, 1.807) is 24.3 Å². The molecule has 0 radical (unpaired) electrons. The number of benzene rings is 2. The molecule has 0 unspecified atom stereocenters. The van der Waals surface area contributed by atoms with E-state index in [1.807, 2.05) is 0 Å². The second kappa shape index (κ2) is 12.6. The van der Waals surface area contributed by atoms with Gasteiger partial charge in [0.1, 0.15) is 5.82 Å². The Bertz CT molecular complexity index is 1330. The van der Waals surface area contributed by atoms with Gasteiger partial charge in [-0.15, -0.1) is 0 Å². The molecule has 17 heteroatoms. The second-order valence-corrected chi connectivity index (χ2v) is 7.27. The fourth-order valence-electron chi connectivity index (χ4n) is 2.72. The van der Waals surface area contributed by atoms with E-state index >= 15 is 0 Å². The summed E-state index contributed by atoms with van der Waals surface area (Å²) in [6.07, 6.45) is -8.28. The Morgan fingerprint density at radius 3 is 2.26 bits per heavy atom. The second-order valence-electron chi connectivity index (χ2n) is 7.27. The van der Waals surface area contributed by atoms with Gasteiger partial charge in [-0.2, -0.15) is 31.4 Å². The molecule has 0 atom stereocenters. The lowest BCUT2D eigenvalue weighted by Crippen LogP contribution is -2.21. The minimum absolute atomic E-state index is 0.0734. The summed E-state index contributed by atoms with van der Waals surface area (Å²) in [6.45, 7) is 0.253. The van der Waals surface area contributed by atoms with Crippen LogP contribution in [0, 0.1) is 5.82 Å². The molecule has 0 aliphatic carbocycles. The van der Waals surface area contributed by atoms with Gasteiger partial charge in [0.05, 0.1) is 24.0 Å². The van der Waals surface area contributed by atoms with E-state index in [1.165, 1.54) is 13.3 Å². The standard InChI is InChI=1S/C20H17F4N5O3.C2HF3O2/c1-32-18(30)17-16(10-26-29-17)25-9-11-3-2-4-13(7-11)27-19(31)28-15-8-12(20(22,23)24)5-6-14(15)21;3-2(4,5)1(6)7/h2-8,10,25H,9H2,1H3,(H,26,29)(H2,27,28,31);(H,6,7). The van der Waals surface area contributed by atoms with Crippen LogP contribution in [0.4, 0.5) is 52.6 Å². The van der Waals surface area contributed by atoms with Gasteiger partial charge >= 0.3 is 30.3 Å². The summed E-state index contributed by atoms with van der Waals surface area (Å²) in [7, 11) is 1.23. The van der Waals surface area contributed by atoms with E-state index in [0.717, 1.165) is 0 Å². The summed E-state index contributed by atoms with van der Waals surface area (Å²) in [5.74, 6) is -4.39. The number of ether oxygens (including phenoxy) is 1. The largest absolute Gasteiger partial charge is 0.490 e. The normalized spacial score (nSPS) is 11.1. The molecule has 5 N–H and O–H groups in total. The molecule has 0 spiro atoms. The molecule has 0 saturated carbocycles. The number of halogens is 7. The van der Waals surface area contributed by atoms with Crippen LogP contribution in [0.15, 0.2) is 48.7 Å². The monoisotopic (exact) mass is 565 g/mol. The zero-order chi connectivity index (χ0) is 29.4. The first kappa shape index (κ1) is 30.4. The molecular formula is C22H18F7N5O5. The number of esters is 1. The number of carboxylic acids is 1. The maximum atomic E-state index is 13.8. The van der Waals surface area contributed by atoms with Crippen molar-refractivity contribution in [2.75, 3.05) is 23.1 Å². The molecule has 3 aromatic rings. The highest BCUT2D eigenvalue weighted by molar-refractivity contribution is 6.00. The van der Waals surface area contributed by atoms with Crippen LogP contribution in [-0.4, -0.2) is 46.6 Å². The van der Waals surface area contributed by atoms with Crippen molar-refractivity contribution in [3.63, 3.8) is 0 Å². The van der Waals surface area contributed by atoms with Crippen LogP contribution in [0.5, 0.6) is 0 Å². The van der Waals surface area contributed by atoms with E-state index in [9.17, 15) is 40.3 Å². The van der Waals surface area contributed by atoms with Crippen molar-refractivity contribution in [3.8, 4) is 0 Å². The summed E-state index contributed by atoms with van der Waals surface area (Å²) in [5, 5.41) is 21.0. The number of aliphatic carboxylic acids is 1. The van der Waals surface area contributed by atoms with Crippen molar-refractivity contribution in [3.05, 3.63) is 71.3 Å². The molecule has 210 valence electrons. The number of rotatable bonds is 6. The number of nitrogens with one attached hydrogen (secondary N) is 4. The van der Waals surface area contributed by atoms with Crippen LogP contribution in [0.1, 0.15) is 21.6 Å². The average molecular weight is 565 g/mol. The third kappa shape index (κ3) is 9.20. The fourth-order valence-corrected chi connectivity index (χ4v) is 2.72. The minimum Gasteiger partial charge on any atom is -0.475 e. The third-order valence-corrected chi connectivity index (χ3v) is 4.47. The van der Waals surface area contributed by atoms with E-state index in [4.69, 9.17) is 9.90 Å². The number of aromatic nitrogens is 2. The molecule has 1 aromatic heterocycles. The number of carbonyl (C=O) groups excluding carboxylic acids is 2. The average Bonchev–Trinajstić information content (AvgIpc) is 3.31. The number of nitrogens with zero attached hydrogens (tertiary/aromatic N) is 1. The number of carbonyl (C=O) groups is 3. The van der Waals surface area contributed by atoms with Gasteiger partial charge in [-0.25, -0.2) is 18.8 Å². The molecule has 3 rings (SSSR count). The van der Waals surface area contributed by atoms with Crippen molar-refractivity contribution < 1.29 is 55.0 Å². The first-order valence-corrected chi connectivity index (χ1v) is 10.3. The van der Waals surface area contributed by atoms with Crippen LogP contribution in [0.2, 0.25) is 0 Å². The Balaban J connectivity index is 0.000000673. The molecule has 39 heavy (non-hydrogen) atoms. The number of aromatic amines is 1. The molecule has 0 bridgehead atoms. The SMILES string of the molecule is COC(=O)c1n[nH]cc1NCc1cccc(NC(=O)Nc2cc(C(F)(F)F)ccc2F)c1.O=C(O)C(F)(F)F. The van der Waals surface area contributed by atoms with Crippen molar-refractivity contribution >= 4 is 35.0 Å². The van der Waals surface area contributed by atoms with E-state index in [2.05, 4.69) is 30.9 Å². The smallest absolute Gasteiger partial charge is 0.475 e. The van der Waals surface area contributed by atoms with Crippen LogP contribution in [0.3, 0.4) is 0 Å². The Morgan fingerprint density at radius 1 is 1.00 bits per heavy atom. The lowest BCUT2D eigenvalue weighted by Gasteiger charge is -2.12. The Kier molecular flexibility index (Phi) is 9.83. The number of amides is 2. The number of anilines is 3. The van der Waals surface area contributed by atoms with Gasteiger partial charge in [0.2, 0.25) is 0 Å². The van der Waals surface area contributed by atoms with E-state index < -0.39 is 47.4 Å². The van der Waals surface area contributed by atoms with Gasteiger partial charge in [0.25, 0.3) is 0 Å². The van der Waals surface area contributed by atoms with Crippen LogP contribution < -0.4 is 16.0 Å². The van der Waals surface area contributed by atoms with E-state index in [0.29, 0.717) is 35.1 Å². The summed E-state index contributed by atoms with van der Waals surface area (Å²) < 4.78 is 88.6. The Morgan fingerprint density at radius 2 is 1.67 bits per heavy atom. The van der Waals surface area contributed by atoms with Gasteiger partial charge in [0.15, 0.2) is 5.69 Å². The van der Waals surface area contributed by atoms with Gasteiger partial charge in [-0.3, -0.25) is 5.10 Å². The van der Waals surface area contributed by atoms with Crippen molar-refractivity contribution in [1.82, 2.24) is 10.2 Å². The number of hydrogen-bond acceptors (Lipinski definition) is 6. The van der Waals surface area contributed by atoms with Crippen molar-refractivity contribution in [2.45, 2.75) is 18.9 Å². The highest BCUT2D eigenvalue weighted by Gasteiger charge is 2.38. The number of hydrogen-bond donors (Lipinski definition) is 5. The number of alkyl halides is 6. The molecule has 1 heterocycles. The predicted molar refractivity (Wildman–Crippen MR) is 121 cm³/mol. The van der Waals surface area contributed by atoms with Crippen LogP contribution >= 0.6 is 0 Å². The molecule has 0 saturated heterocycles. The lowest BCUT2D eigenvalue weighted by molar-refractivity contribution is -0.192. The summed E-state index contributed by atoms with van der Waals surface area (Å²) in [4.78, 5) is 32.7. The molecule has 2 amide bonds. The molecule has 0 aliphatic rings. The van der Waals surface area contributed by atoms with Crippen molar-refractivity contribution in [2.24, 2.45) is 0 Å². The number of urea groups is 1. The molecular weight excluding hydrogens is 547 g/mol. The van der Waals surface area contributed by atoms with Gasteiger partial charge in [-0.05, 0) is 35.9 Å². The number of H-pyrrole nitrogens is 1. The lowest BCUT2D eigenvalue weighted by atomic mass is 10.2. The van der Waals surface area contributed by atoms with Crippen molar-refractivity contribution in [1.29, 1.82) is 0 Å². The predicted octanol–water partition coefficient (Wildman–Crippen LogP) is 5.24. The maximum Gasteiger partial charge on any atom is 0.490 e. The van der Waals surface area contributed by atoms with E-state index in [-0.39, 0.29) is 12.2 Å². The highest BCUT2D eigenvalue weighted by Crippen LogP contribution is 2.32. The molecule has 2 aromatic carbocycles. The first-order chi connectivity index (χ1) is 18.1. The molecule has 10 nitrogen and oxygen atoms in total. The Labute approximate surface area is 214 Å². The quantitative estimate of drug-likeness (QED) is 0.203. The highest BCUT2D eigenvalue weighted by atomic mass is 19.4. The topological polar surface area (TPSA) is 145 Å². The number of carboxylic acid groups (broad SMARTS) is 1. The number of methoxy groups -OCH3 is 1. The van der Waals surface area contributed by atoms with Gasteiger partial charge in [-0.1, -0.05) is 12.1 Å². The fraction of sp³-hybridized carbons (Fsp3) is 0.182. The zero-order valence-electron chi connectivity index (χ0n) is 19.5. The summed E-state index contributed by atoms with van der Waals surface area (Å²) in [6, 6.07) is 7.31. The minimum atomic E-state index is -5.08. The Hall–Kier alpha value is -4.83. The van der Waals surface area contributed by atoms with Crippen LogP contribution in [0.25, 0.3) is 0 Å². The van der Waals surface area contributed by atoms with Gasteiger partial charge in [0, 0.05) is 18.4 Å². The molecule has 0 aliphatic heterocycles. The zero-order valence-corrected chi connectivity index (χ0v) is 19.5.